The van der Waals surface area contributed by atoms with Crippen LogP contribution in [0.5, 0.6) is 0 Å². The van der Waals surface area contributed by atoms with E-state index in [1.807, 2.05) is 24.3 Å². The lowest BCUT2D eigenvalue weighted by atomic mass is 9.97. The van der Waals surface area contributed by atoms with Crippen LogP contribution in [-0.2, 0) is 6.18 Å². The molecule has 1 heterocycles. The fourth-order valence-corrected chi connectivity index (χ4v) is 2.70. The lowest BCUT2D eigenvalue weighted by Crippen LogP contribution is -2.10. The van der Waals surface area contributed by atoms with E-state index < -0.39 is 17.6 Å². The van der Waals surface area contributed by atoms with Crippen LogP contribution in [0.1, 0.15) is 21.6 Å². The van der Waals surface area contributed by atoms with Crippen LogP contribution >= 0.6 is 12.4 Å². The maximum absolute atomic E-state index is 12.8. The first-order chi connectivity index (χ1) is 11.8. The summed E-state index contributed by atoms with van der Waals surface area (Å²) in [4.78, 5) is 14.1. The molecule has 0 aliphatic carbocycles. The molecule has 0 atom stereocenters. The predicted molar refractivity (Wildman–Crippen MR) is 97.2 cm³/mol. The fourth-order valence-electron chi connectivity index (χ4n) is 2.70. The molecule has 0 radical (unpaired) electrons. The van der Waals surface area contributed by atoms with Crippen LogP contribution in [0.2, 0.25) is 0 Å². The van der Waals surface area contributed by atoms with E-state index in [2.05, 4.69) is 4.98 Å². The van der Waals surface area contributed by atoms with Gasteiger partial charge in [-0.05, 0) is 53.4 Å². The van der Waals surface area contributed by atoms with Gasteiger partial charge in [-0.25, -0.2) is 0 Å². The molecule has 0 spiro atoms. The predicted octanol–water partition coefficient (Wildman–Crippen LogP) is 5.20. The number of amides is 1. The van der Waals surface area contributed by atoms with Crippen molar-refractivity contribution in [2.24, 2.45) is 5.73 Å². The summed E-state index contributed by atoms with van der Waals surface area (Å²) < 4.78 is 38.3. The molecule has 7 heteroatoms. The van der Waals surface area contributed by atoms with E-state index in [4.69, 9.17) is 5.73 Å². The molecule has 3 nitrogen and oxygen atoms in total. The summed E-state index contributed by atoms with van der Waals surface area (Å²) in [6.45, 7) is 1.66. The van der Waals surface area contributed by atoms with E-state index in [0.717, 1.165) is 34.5 Å². The molecule has 1 aromatic heterocycles. The smallest absolute Gasteiger partial charge is 0.364 e. The van der Waals surface area contributed by atoms with Gasteiger partial charge < -0.3 is 10.7 Å². The Bertz CT molecular complexity index is 931. The van der Waals surface area contributed by atoms with Gasteiger partial charge in [-0.15, -0.1) is 12.4 Å². The Balaban J connectivity index is 0.00000243. The van der Waals surface area contributed by atoms with Gasteiger partial charge in [-0.3, -0.25) is 4.79 Å². The number of carbonyl (C=O) groups excluding carboxylic acids is 1. The van der Waals surface area contributed by atoms with Crippen molar-refractivity contribution in [3.05, 3.63) is 71.4 Å². The van der Waals surface area contributed by atoms with Gasteiger partial charge in [0.15, 0.2) is 0 Å². The number of nitrogens with two attached hydrogens (primary N) is 1. The zero-order chi connectivity index (χ0) is 18.2. The lowest BCUT2D eigenvalue weighted by Gasteiger charge is -2.11. The van der Waals surface area contributed by atoms with Crippen LogP contribution in [-0.4, -0.2) is 10.9 Å². The van der Waals surface area contributed by atoms with Crippen molar-refractivity contribution >= 4 is 18.3 Å². The summed E-state index contributed by atoms with van der Waals surface area (Å²) in [7, 11) is 0. The Labute approximate surface area is 154 Å². The van der Waals surface area contributed by atoms with Gasteiger partial charge in [0.25, 0.3) is 5.91 Å². The number of aryl methyl sites for hydroxylation is 1. The number of aromatic nitrogens is 1. The molecule has 0 bridgehead atoms. The highest BCUT2D eigenvalue weighted by molar-refractivity contribution is 5.92. The number of H-pyrrole nitrogens is 1. The zero-order valence-corrected chi connectivity index (χ0v) is 14.5. The molecule has 0 saturated heterocycles. The van der Waals surface area contributed by atoms with Gasteiger partial charge in [0.05, 0.1) is 5.56 Å². The monoisotopic (exact) mass is 380 g/mol. The molecule has 0 aliphatic rings. The molecule has 2 aromatic carbocycles. The number of halogens is 4. The number of primary amides is 1. The second-order valence-electron chi connectivity index (χ2n) is 5.75. The molecular formula is C19H16ClF3N2O. The number of benzene rings is 2. The summed E-state index contributed by atoms with van der Waals surface area (Å²) in [5.74, 6) is -0.539. The van der Waals surface area contributed by atoms with E-state index in [1.165, 1.54) is 6.07 Å². The van der Waals surface area contributed by atoms with E-state index in [9.17, 15) is 18.0 Å². The normalized spacial score (nSPS) is 11.1. The van der Waals surface area contributed by atoms with Crippen LogP contribution in [0, 0.1) is 6.92 Å². The number of hydrogen-bond donors (Lipinski definition) is 2. The quantitative estimate of drug-likeness (QED) is 0.645. The van der Waals surface area contributed by atoms with E-state index in [0.29, 0.717) is 11.3 Å². The maximum Gasteiger partial charge on any atom is 0.416 e. The summed E-state index contributed by atoms with van der Waals surface area (Å²) >= 11 is 0. The summed E-state index contributed by atoms with van der Waals surface area (Å²) in [5.41, 5.74) is 8.57. The average molecular weight is 381 g/mol. The highest BCUT2D eigenvalue weighted by atomic mass is 35.5. The highest BCUT2D eigenvalue weighted by Crippen LogP contribution is 2.33. The van der Waals surface area contributed by atoms with Crippen LogP contribution in [0.25, 0.3) is 22.4 Å². The molecule has 0 unspecified atom stereocenters. The number of carbonyl (C=O) groups is 1. The van der Waals surface area contributed by atoms with Crippen molar-refractivity contribution in [2.75, 3.05) is 0 Å². The standard InChI is InChI=1S/C19H15F3N2O.ClH/c1-11-10-14(19(20,21)22)6-7-15(11)12-2-4-13(5-3-12)16-8-9-17(24-16)18(23)25;/h2-10,24H,1H3,(H2,23,25);1H. The SMILES string of the molecule is Cc1cc(C(F)(F)F)ccc1-c1ccc(-c2ccc(C(N)=O)[nH]2)cc1.Cl. The Morgan fingerprint density at radius 1 is 0.962 bits per heavy atom. The van der Waals surface area contributed by atoms with Crippen molar-refractivity contribution < 1.29 is 18.0 Å². The largest absolute Gasteiger partial charge is 0.416 e. The molecule has 3 rings (SSSR count). The van der Waals surface area contributed by atoms with Gasteiger partial charge >= 0.3 is 6.18 Å². The molecule has 26 heavy (non-hydrogen) atoms. The minimum absolute atomic E-state index is 0. The first-order valence-corrected chi connectivity index (χ1v) is 7.53. The molecular weight excluding hydrogens is 365 g/mol. The van der Waals surface area contributed by atoms with Crippen LogP contribution in [0.15, 0.2) is 54.6 Å². The van der Waals surface area contributed by atoms with Crippen molar-refractivity contribution in [1.82, 2.24) is 4.98 Å². The van der Waals surface area contributed by atoms with E-state index >= 15 is 0 Å². The first-order valence-electron chi connectivity index (χ1n) is 7.53. The van der Waals surface area contributed by atoms with Gasteiger partial charge in [0.2, 0.25) is 0 Å². The van der Waals surface area contributed by atoms with Crippen molar-refractivity contribution in [3.63, 3.8) is 0 Å². The summed E-state index contributed by atoms with van der Waals surface area (Å²) in [6, 6.07) is 14.4. The number of hydrogen-bond acceptors (Lipinski definition) is 1. The lowest BCUT2D eigenvalue weighted by molar-refractivity contribution is -0.137. The van der Waals surface area contributed by atoms with Gasteiger partial charge in [-0.2, -0.15) is 13.2 Å². The van der Waals surface area contributed by atoms with Crippen LogP contribution < -0.4 is 5.73 Å². The molecule has 3 N–H and O–H groups in total. The van der Waals surface area contributed by atoms with Gasteiger partial charge in [0, 0.05) is 5.69 Å². The van der Waals surface area contributed by atoms with Crippen molar-refractivity contribution in [1.29, 1.82) is 0 Å². The highest BCUT2D eigenvalue weighted by Gasteiger charge is 2.30. The number of aromatic amines is 1. The number of nitrogens with one attached hydrogen (secondary N) is 1. The summed E-state index contributed by atoms with van der Waals surface area (Å²) in [5, 5.41) is 0. The van der Waals surface area contributed by atoms with Gasteiger partial charge in [0.1, 0.15) is 5.69 Å². The minimum atomic E-state index is -4.35. The number of alkyl halides is 3. The third-order valence-corrected chi connectivity index (χ3v) is 4.01. The summed E-state index contributed by atoms with van der Waals surface area (Å²) in [6.07, 6.45) is -4.35. The minimum Gasteiger partial charge on any atom is -0.364 e. The zero-order valence-electron chi connectivity index (χ0n) is 13.7. The molecule has 0 fully saturated rings. The van der Waals surface area contributed by atoms with Crippen LogP contribution in [0.3, 0.4) is 0 Å². The average Bonchev–Trinajstić information content (AvgIpc) is 3.04. The Morgan fingerprint density at radius 3 is 2.08 bits per heavy atom. The molecule has 0 saturated carbocycles. The molecule has 3 aromatic rings. The topological polar surface area (TPSA) is 58.9 Å². The first kappa shape index (κ1) is 19.6. The molecule has 136 valence electrons. The van der Waals surface area contributed by atoms with Crippen molar-refractivity contribution in [2.45, 2.75) is 13.1 Å². The fraction of sp³-hybridized carbons (Fsp3) is 0.105. The Kier molecular flexibility index (Phi) is 5.47. The third kappa shape index (κ3) is 3.91. The second-order valence-corrected chi connectivity index (χ2v) is 5.75. The Morgan fingerprint density at radius 2 is 1.58 bits per heavy atom. The number of rotatable bonds is 3. The van der Waals surface area contributed by atoms with Crippen LogP contribution in [0.4, 0.5) is 13.2 Å². The molecule has 0 aliphatic heterocycles. The van der Waals surface area contributed by atoms with E-state index in [1.54, 1.807) is 19.1 Å². The van der Waals surface area contributed by atoms with E-state index in [-0.39, 0.29) is 12.4 Å². The van der Waals surface area contributed by atoms with Crippen molar-refractivity contribution in [3.8, 4) is 22.4 Å². The maximum atomic E-state index is 12.8. The second kappa shape index (κ2) is 7.25. The molecule has 1 amide bonds. The van der Waals surface area contributed by atoms with Gasteiger partial charge in [-0.1, -0.05) is 30.3 Å². The Hall–Kier alpha value is -2.73. The third-order valence-electron chi connectivity index (χ3n) is 4.01.